The molecule has 1 rings (SSSR count). The van der Waals surface area contributed by atoms with Crippen LogP contribution in [0.2, 0.25) is 0 Å². The number of hydrogen-bond acceptors (Lipinski definition) is 3. The highest BCUT2D eigenvalue weighted by Gasteiger charge is 2.22. The van der Waals surface area contributed by atoms with E-state index in [1.54, 1.807) is 14.1 Å². The van der Waals surface area contributed by atoms with Crippen LogP contribution in [0, 0.1) is 0 Å². The largest absolute Gasteiger partial charge is 0.353 e. The van der Waals surface area contributed by atoms with E-state index in [0.717, 1.165) is 12.8 Å². The van der Waals surface area contributed by atoms with Crippen molar-refractivity contribution in [1.29, 1.82) is 0 Å². The normalized spacial score (nSPS) is 14.2. The van der Waals surface area contributed by atoms with Crippen molar-refractivity contribution >= 4 is 11.9 Å². The van der Waals surface area contributed by atoms with Crippen LogP contribution < -0.4 is 16.0 Å². The zero-order valence-electron chi connectivity index (χ0n) is 10.6. The van der Waals surface area contributed by atoms with Crippen molar-refractivity contribution in [3.63, 3.8) is 0 Å². The Morgan fingerprint density at radius 3 is 2.47 bits per heavy atom. The van der Waals surface area contributed by atoms with Gasteiger partial charge >= 0.3 is 6.03 Å². The van der Waals surface area contributed by atoms with Crippen molar-refractivity contribution in [2.75, 3.05) is 33.7 Å². The molecule has 3 amide bonds. The molecule has 1 aliphatic carbocycles. The molecule has 6 heteroatoms. The smallest absolute Gasteiger partial charge is 0.316 e. The van der Waals surface area contributed by atoms with Gasteiger partial charge < -0.3 is 20.9 Å². The Balaban J connectivity index is 1.86. The molecule has 0 bridgehead atoms. The summed E-state index contributed by atoms with van der Waals surface area (Å²) in [6.45, 7) is 1.90. The SMILES string of the molecule is CN(C)C(=O)NCCNCCC(=O)NC1CC1. The highest BCUT2D eigenvalue weighted by Crippen LogP contribution is 2.18. The van der Waals surface area contributed by atoms with Gasteiger partial charge in [0.25, 0.3) is 0 Å². The number of nitrogens with one attached hydrogen (secondary N) is 3. The Kier molecular flexibility index (Phi) is 5.76. The Morgan fingerprint density at radius 2 is 1.88 bits per heavy atom. The van der Waals surface area contributed by atoms with Crippen molar-refractivity contribution in [3.05, 3.63) is 0 Å². The van der Waals surface area contributed by atoms with Crippen molar-refractivity contribution in [2.24, 2.45) is 0 Å². The topological polar surface area (TPSA) is 73.5 Å². The van der Waals surface area contributed by atoms with Crippen LogP contribution >= 0.6 is 0 Å². The number of carbonyl (C=O) groups excluding carboxylic acids is 2. The molecule has 0 unspecified atom stereocenters. The van der Waals surface area contributed by atoms with E-state index >= 15 is 0 Å². The minimum absolute atomic E-state index is 0.0988. The molecule has 0 atom stereocenters. The molecule has 0 aliphatic heterocycles. The maximum Gasteiger partial charge on any atom is 0.316 e. The molecule has 0 aromatic carbocycles. The Labute approximate surface area is 102 Å². The predicted octanol–water partition coefficient (Wildman–Crippen LogP) is -0.484. The van der Waals surface area contributed by atoms with Crippen LogP contribution in [0.1, 0.15) is 19.3 Å². The van der Waals surface area contributed by atoms with Crippen LogP contribution in [0.3, 0.4) is 0 Å². The molecule has 0 saturated heterocycles. The molecule has 6 nitrogen and oxygen atoms in total. The first-order valence-electron chi connectivity index (χ1n) is 6.05. The summed E-state index contributed by atoms with van der Waals surface area (Å²) in [4.78, 5) is 23.9. The third kappa shape index (κ3) is 6.78. The summed E-state index contributed by atoms with van der Waals surface area (Å²) in [5.74, 6) is 0.109. The average Bonchev–Trinajstić information content (AvgIpc) is 3.06. The number of rotatable bonds is 7. The number of urea groups is 1. The predicted molar refractivity (Wildman–Crippen MR) is 65.7 cm³/mol. The first-order valence-corrected chi connectivity index (χ1v) is 6.05. The summed E-state index contributed by atoms with van der Waals surface area (Å²) >= 11 is 0. The molecule has 1 fully saturated rings. The zero-order chi connectivity index (χ0) is 12.7. The van der Waals surface area contributed by atoms with E-state index in [-0.39, 0.29) is 11.9 Å². The molecule has 0 aromatic heterocycles. The summed E-state index contributed by atoms with van der Waals surface area (Å²) in [7, 11) is 3.40. The second kappa shape index (κ2) is 7.11. The van der Waals surface area contributed by atoms with Gasteiger partial charge in [-0.15, -0.1) is 0 Å². The van der Waals surface area contributed by atoms with Gasteiger partial charge in [-0.2, -0.15) is 0 Å². The molecule has 17 heavy (non-hydrogen) atoms. The van der Waals surface area contributed by atoms with Crippen molar-refractivity contribution in [2.45, 2.75) is 25.3 Å². The lowest BCUT2D eigenvalue weighted by atomic mass is 10.4. The Bertz CT molecular complexity index is 264. The van der Waals surface area contributed by atoms with E-state index in [2.05, 4.69) is 16.0 Å². The lowest BCUT2D eigenvalue weighted by molar-refractivity contribution is -0.121. The summed E-state index contributed by atoms with van der Waals surface area (Å²) in [6.07, 6.45) is 2.74. The van der Waals surface area contributed by atoms with Gasteiger partial charge in [0.2, 0.25) is 5.91 Å². The van der Waals surface area contributed by atoms with E-state index in [9.17, 15) is 9.59 Å². The molecular formula is C11H22N4O2. The minimum atomic E-state index is -0.0988. The lowest BCUT2D eigenvalue weighted by Crippen LogP contribution is -2.39. The molecule has 1 aliphatic rings. The molecule has 98 valence electrons. The van der Waals surface area contributed by atoms with Crippen LogP contribution in [-0.2, 0) is 4.79 Å². The minimum Gasteiger partial charge on any atom is -0.353 e. The fraction of sp³-hybridized carbons (Fsp3) is 0.818. The molecule has 0 aromatic rings. The second-order valence-electron chi connectivity index (χ2n) is 4.47. The van der Waals surface area contributed by atoms with Gasteiger partial charge in [0.1, 0.15) is 0 Å². The third-order valence-corrected chi connectivity index (χ3v) is 2.46. The van der Waals surface area contributed by atoms with Crippen LogP contribution in [0.5, 0.6) is 0 Å². The molecule has 0 radical (unpaired) electrons. The van der Waals surface area contributed by atoms with E-state index in [4.69, 9.17) is 0 Å². The fourth-order valence-corrected chi connectivity index (χ4v) is 1.27. The number of amides is 3. The summed E-state index contributed by atoms with van der Waals surface area (Å²) in [6, 6.07) is 0.333. The average molecular weight is 242 g/mol. The van der Waals surface area contributed by atoms with Crippen LogP contribution in [0.15, 0.2) is 0 Å². The van der Waals surface area contributed by atoms with Crippen molar-refractivity contribution < 1.29 is 9.59 Å². The van der Waals surface area contributed by atoms with Gasteiger partial charge in [0.05, 0.1) is 0 Å². The van der Waals surface area contributed by atoms with Crippen LogP contribution in [-0.4, -0.2) is 56.6 Å². The third-order valence-electron chi connectivity index (χ3n) is 2.46. The molecular weight excluding hydrogens is 220 g/mol. The van der Waals surface area contributed by atoms with Crippen molar-refractivity contribution in [1.82, 2.24) is 20.9 Å². The Hall–Kier alpha value is -1.30. The summed E-state index contributed by atoms with van der Waals surface area (Å²) in [5.41, 5.74) is 0. The molecule has 3 N–H and O–H groups in total. The van der Waals surface area contributed by atoms with Gasteiger partial charge in [0, 0.05) is 46.2 Å². The quantitative estimate of drug-likeness (QED) is 0.528. The lowest BCUT2D eigenvalue weighted by Gasteiger charge is -2.12. The summed E-state index contributed by atoms with van der Waals surface area (Å²) < 4.78 is 0. The highest BCUT2D eigenvalue weighted by atomic mass is 16.2. The standard InChI is InChI=1S/C11H22N4O2/c1-15(2)11(17)13-8-7-12-6-5-10(16)14-9-3-4-9/h9,12H,3-8H2,1-2H3,(H,13,17)(H,14,16). The molecule has 0 spiro atoms. The number of carbonyl (C=O) groups is 2. The first kappa shape index (κ1) is 13.8. The second-order valence-corrected chi connectivity index (χ2v) is 4.47. The monoisotopic (exact) mass is 242 g/mol. The van der Waals surface area contributed by atoms with Crippen LogP contribution in [0.25, 0.3) is 0 Å². The first-order chi connectivity index (χ1) is 8.09. The van der Waals surface area contributed by atoms with E-state index < -0.39 is 0 Å². The van der Waals surface area contributed by atoms with E-state index in [1.165, 1.54) is 4.90 Å². The Morgan fingerprint density at radius 1 is 1.18 bits per heavy atom. The van der Waals surface area contributed by atoms with Gasteiger partial charge in [-0.1, -0.05) is 0 Å². The van der Waals surface area contributed by atoms with Gasteiger partial charge in [-0.25, -0.2) is 4.79 Å². The molecule has 0 heterocycles. The van der Waals surface area contributed by atoms with Gasteiger partial charge in [0.15, 0.2) is 0 Å². The maximum atomic E-state index is 11.3. The fourth-order valence-electron chi connectivity index (χ4n) is 1.27. The van der Waals surface area contributed by atoms with E-state index in [0.29, 0.717) is 32.1 Å². The maximum absolute atomic E-state index is 11.3. The van der Waals surface area contributed by atoms with Crippen molar-refractivity contribution in [3.8, 4) is 0 Å². The van der Waals surface area contributed by atoms with Gasteiger partial charge in [-0.3, -0.25) is 4.79 Å². The zero-order valence-corrected chi connectivity index (χ0v) is 10.6. The highest BCUT2D eigenvalue weighted by molar-refractivity contribution is 5.76. The summed E-state index contributed by atoms with van der Waals surface area (Å²) in [5, 5.41) is 8.77. The number of nitrogens with zero attached hydrogens (tertiary/aromatic N) is 1. The van der Waals surface area contributed by atoms with Crippen LogP contribution in [0.4, 0.5) is 4.79 Å². The van der Waals surface area contributed by atoms with Gasteiger partial charge in [-0.05, 0) is 12.8 Å². The molecule has 1 saturated carbocycles. The van der Waals surface area contributed by atoms with E-state index in [1.807, 2.05) is 0 Å². The number of hydrogen-bond donors (Lipinski definition) is 3.